The van der Waals surface area contributed by atoms with Crippen molar-refractivity contribution in [3.63, 3.8) is 0 Å². The van der Waals surface area contributed by atoms with E-state index in [9.17, 15) is 0 Å². The zero-order valence-corrected chi connectivity index (χ0v) is 4.55. The third-order valence-corrected chi connectivity index (χ3v) is 0. The smallest absolute Gasteiger partial charge is 0.209 e. The molecule has 0 aromatic rings. The molecule has 2 N–H and O–H groups in total. The first-order chi connectivity index (χ1) is 3.41. The second-order valence-corrected chi connectivity index (χ2v) is 1.34. The van der Waals surface area contributed by atoms with E-state index in [4.69, 9.17) is 23.7 Å². The summed E-state index contributed by atoms with van der Waals surface area (Å²) in [6.45, 7) is 3.03. The molecule has 0 aliphatic heterocycles. The molecular weight excluding hydrogens is 139 g/mol. The molecule has 0 aliphatic rings. The van der Waals surface area contributed by atoms with E-state index in [0.29, 0.717) is 0 Å². The normalized spacial score (nSPS) is 9.00. The molecule has 0 bridgehead atoms. The minimum atomic E-state index is -4.94. The molecule has 0 aromatic carbocycles. The summed E-state index contributed by atoms with van der Waals surface area (Å²) in [5.41, 5.74) is 0. The third-order valence-electron chi connectivity index (χ3n) is 0. The molecule has 0 amide bonds. The van der Waals surface area contributed by atoms with Gasteiger partial charge in [0, 0.05) is 0 Å². The average molecular weight is 145 g/mol. The highest BCUT2D eigenvalue weighted by Gasteiger charge is 1.84. The number of hydrogen-bond acceptors (Lipinski definition) is 4. The quantitative estimate of drug-likeness (QED) is 0.250. The minimum absolute atomic E-state index is 1.00. The second-order valence-electron chi connectivity index (χ2n) is 0.582. The Labute approximate surface area is 47.9 Å². The van der Waals surface area contributed by atoms with Crippen molar-refractivity contribution in [2.45, 2.75) is 0 Å². The highest BCUT2D eigenvalue weighted by molar-refractivity contribution is 4.38. The van der Waals surface area contributed by atoms with Gasteiger partial charge in [0.1, 0.15) is 0 Å². The van der Waals surface area contributed by atoms with Gasteiger partial charge in [-0.1, -0.05) is 0 Å². The van der Waals surface area contributed by atoms with Crippen molar-refractivity contribution in [3.05, 3.63) is 12.8 Å². The van der Waals surface area contributed by atoms with E-state index >= 15 is 0 Å². The molecule has 50 valence electrons. The van der Waals surface area contributed by atoms with Crippen LogP contribution in [-0.4, -0.2) is 5.11 Å². The van der Waals surface area contributed by atoms with Crippen molar-refractivity contribution in [2.24, 2.45) is 0 Å². The van der Waals surface area contributed by atoms with Crippen LogP contribution < -0.4 is 18.6 Å². The molecule has 5 nitrogen and oxygen atoms in total. The molecule has 0 unspecified atom stereocenters. The zero-order valence-electron chi connectivity index (χ0n) is 3.80. The predicted molar refractivity (Wildman–Crippen MR) is 13.8 cm³/mol. The molecule has 8 heavy (non-hydrogen) atoms. The lowest BCUT2D eigenvalue weighted by Crippen LogP contribution is -2.68. The summed E-state index contributed by atoms with van der Waals surface area (Å²) in [4.78, 5) is 0. The maximum absolute atomic E-state index is 8.49. The summed E-state index contributed by atoms with van der Waals surface area (Å²) < 4.78 is 34.0. The summed E-state index contributed by atoms with van der Waals surface area (Å²) in [5.74, 6) is 0. The first-order valence-corrected chi connectivity index (χ1v) is 2.55. The summed E-state index contributed by atoms with van der Waals surface area (Å²) >= 11 is 0. The lowest BCUT2D eigenvalue weighted by molar-refractivity contribution is -2.00. The van der Waals surface area contributed by atoms with Crippen molar-refractivity contribution in [2.75, 3.05) is 0 Å². The van der Waals surface area contributed by atoms with Gasteiger partial charge in [0.15, 0.2) is 0 Å². The maximum Gasteiger partial charge on any atom is 0.209 e. The summed E-state index contributed by atoms with van der Waals surface area (Å²) in [7, 11) is -4.94. The van der Waals surface area contributed by atoms with Crippen molar-refractivity contribution in [1.29, 1.82) is 0 Å². The van der Waals surface area contributed by atoms with E-state index in [1.165, 1.54) is 0 Å². The van der Waals surface area contributed by atoms with Gasteiger partial charge in [-0.2, -0.15) is 0 Å². The Morgan fingerprint density at radius 3 is 1.25 bits per heavy atom. The van der Waals surface area contributed by atoms with Crippen LogP contribution in [0.15, 0.2) is 12.8 Å². The molecule has 0 fully saturated rings. The second kappa shape index (κ2) is 4.82. The van der Waals surface area contributed by atoms with E-state index in [1.54, 1.807) is 0 Å². The van der Waals surface area contributed by atoms with Crippen LogP contribution in [0, 0.1) is 10.2 Å². The van der Waals surface area contributed by atoms with Gasteiger partial charge < -0.3 is 5.11 Å². The average Bonchev–Trinajstić information content (AvgIpc) is 1.27. The lowest BCUT2D eigenvalue weighted by atomic mass is 11.2. The molecule has 0 radical (unpaired) electrons. The molecule has 0 aromatic heterocycles. The number of halogens is 1. The highest BCUT2D eigenvalue weighted by Crippen LogP contribution is 1.49. The largest absolute Gasteiger partial charge is 0.599 e. The Morgan fingerprint density at radius 2 is 1.25 bits per heavy atom. The highest BCUT2D eigenvalue weighted by atomic mass is 35.7. The fourth-order valence-corrected chi connectivity index (χ4v) is 0. The van der Waals surface area contributed by atoms with Crippen LogP contribution >= 0.6 is 0 Å². The molecule has 0 heterocycles. The molecule has 0 saturated carbocycles. The predicted octanol–water partition coefficient (Wildman–Crippen LogP) is -4.90. The fraction of sp³-hybridized carbons (Fsp3) is 0. The first-order valence-electron chi connectivity index (χ1n) is 1.31. The minimum Gasteiger partial charge on any atom is -0.599 e. The van der Waals surface area contributed by atoms with Crippen LogP contribution in [0.1, 0.15) is 0 Å². The van der Waals surface area contributed by atoms with Gasteiger partial charge in [0.2, 0.25) is 6.26 Å². The monoisotopic (exact) mass is 144 g/mol. The van der Waals surface area contributed by atoms with Crippen molar-refractivity contribution < 1.29 is 34.0 Å². The van der Waals surface area contributed by atoms with Gasteiger partial charge >= 0.3 is 0 Å². The molecular formula is C2H5ClO5. The Hall–Kier alpha value is -0.330. The van der Waals surface area contributed by atoms with Gasteiger partial charge in [0.25, 0.3) is 0 Å². The summed E-state index contributed by atoms with van der Waals surface area (Å²) in [6, 6.07) is 0. The van der Waals surface area contributed by atoms with Crippen LogP contribution in [0.25, 0.3) is 0 Å². The lowest BCUT2D eigenvalue weighted by Gasteiger charge is -2.17. The van der Waals surface area contributed by atoms with E-state index in [2.05, 4.69) is 6.58 Å². The van der Waals surface area contributed by atoms with Gasteiger partial charge in [-0.25, -0.2) is 18.6 Å². The van der Waals surface area contributed by atoms with Crippen LogP contribution in [0.4, 0.5) is 0 Å². The van der Waals surface area contributed by atoms with Gasteiger partial charge in [-0.05, 0) is 6.58 Å². The molecule has 0 rings (SSSR count). The Balaban J connectivity index is 0. The summed E-state index contributed by atoms with van der Waals surface area (Å²) in [6.07, 6.45) is 1.00. The number of rotatable bonds is 0. The molecule has 0 aliphatic carbocycles. The van der Waals surface area contributed by atoms with Crippen LogP contribution in [0.5, 0.6) is 0 Å². The van der Waals surface area contributed by atoms with E-state index < -0.39 is 10.2 Å². The Kier molecular flexibility index (Phi) is 6.39. The molecule has 0 atom stereocenters. The number of hydrogen-bond donors (Lipinski definition) is 0. The standard InChI is InChI=1S/C2H4O.ClHO4/c1-2-3;2-1(3,4)5/h2-3H,1H2;(H,2,3,4,5). The SMILES string of the molecule is C=C[OH2+].[O-][Cl+3]([O-])([O-])[O-]. The summed E-state index contributed by atoms with van der Waals surface area (Å²) in [5, 5.41) is 5.97. The van der Waals surface area contributed by atoms with Crippen LogP contribution in [0.3, 0.4) is 0 Å². The van der Waals surface area contributed by atoms with Gasteiger partial charge in [0.05, 0.1) is 0 Å². The molecule has 0 spiro atoms. The van der Waals surface area contributed by atoms with Crippen molar-refractivity contribution >= 4 is 0 Å². The molecule has 6 heteroatoms. The third kappa shape index (κ3) is 1140. The van der Waals surface area contributed by atoms with Crippen molar-refractivity contribution in [1.82, 2.24) is 0 Å². The zero-order chi connectivity index (χ0) is 7.21. The topological polar surface area (TPSA) is 115 Å². The van der Waals surface area contributed by atoms with E-state index in [-0.39, 0.29) is 0 Å². The van der Waals surface area contributed by atoms with Crippen LogP contribution in [0.2, 0.25) is 0 Å². The Morgan fingerprint density at radius 1 is 1.25 bits per heavy atom. The maximum atomic E-state index is 8.49. The molecule has 0 saturated heterocycles. The first kappa shape index (κ1) is 10.6. The fourth-order valence-electron chi connectivity index (χ4n) is 0. The van der Waals surface area contributed by atoms with Crippen LogP contribution in [-0.2, 0) is 0 Å². The van der Waals surface area contributed by atoms with Gasteiger partial charge in [-0.15, -0.1) is 10.2 Å². The van der Waals surface area contributed by atoms with Gasteiger partial charge in [-0.3, -0.25) is 0 Å². The Bertz CT molecular complexity index is 49.9. The van der Waals surface area contributed by atoms with E-state index in [1.807, 2.05) is 0 Å². The van der Waals surface area contributed by atoms with Crippen molar-refractivity contribution in [3.8, 4) is 0 Å². The van der Waals surface area contributed by atoms with E-state index in [0.717, 1.165) is 6.26 Å².